The Morgan fingerprint density at radius 2 is 1.21 bits per heavy atom. The van der Waals surface area contributed by atoms with Crippen molar-refractivity contribution in [3.05, 3.63) is 108 Å². The number of hydrogen-bond acceptors (Lipinski definition) is 2. The van der Waals surface area contributed by atoms with Gasteiger partial charge >= 0.3 is 0 Å². The molecular weight excluding hydrogens is 356 g/mol. The maximum atomic E-state index is 6.09. The molecule has 0 saturated heterocycles. The molecule has 146 valence electrons. The largest absolute Gasteiger partial charge is 0.493 e. The minimum Gasteiger partial charge on any atom is -0.493 e. The van der Waals surface area contributed by atoms with Gasteiger partial charge in [-0.2, -0.15) is 0 Å². The first-order valence-corrected chi connectivity index (χ1v) is 10.2. The molecule has 29 heavy (non-hydrogen) atoms. The van der Waals surface area contributed by atoms with Crippen molar-refractivity contribution in [1.29, 1.82) is 0 Å². The van der Waals surface area contributed by atoms with E-state index >= 15 is 0 Å². The van der Waals surface area contributed by atoms with E-state index in [4.69, 9.17) is 9.47 Å². The van der Waals surface area contributed by atoms with E-state index in [1.807, 2.05) is 18.2 Å². The molecule has 0 bridgehead atoms. The normalized spacial score (nSPS) is 10.8. The van der Waals surface area contributed by atoms with Crippen LogP contribution in [0.3, 0.4) is 0 Å². The van der Waals surface area contributed by atoms with Crippen LogP contribution in [0.25, 0.3) is 10.8 Å². The Kier molecular flexibility index (Phi) is 6.11. The molecule has 4 rings (SSSR count). The molecule has 2 heteroatoms. The number of aryl methyl sites for hydroxylation is 1. The van der Waals surface area contributed by atoms with Crippen molar-refractivity contribution in [2.45, 2.75) is 19.8 Å². The van der Waals surface area contributed by atoms with Crippen LogP contribution in [0, 0.1) is 6.92 Å². The first kappa shape index (κ1) is 19.1. The van der Waals surface area contributed by atoms with Crippen molar-refractivity contribution < 1.29 is 9.47 Å². The fourth-order valence-corrected chi connectivity index (χ4v) is 3.47. The van der Waals surface area contributed by atoms with Crippen molar-refractivity contribution >= 4 is 10.8 Å². The van der Waals surface area contributed by atoms with Gasteiger partial charge < -0.3 is 9.47 Å². The molecule has 0 N–H and O–H groups in total. The number of ether oxygens (including phenoxy) is 2. The van der Waals surface area contributed by atoms with Gasteiger partial charge in [-0.05, 0) is 58.7 Å². The molecule has 0 amide bonds. The third-order valence-electron chi connectivity index (χ3n) is 5.10. The summed E-state index contributed by atoms with van der Waals surface area (Å²) in [6.45, 7) is 3.44. The van der Waals surface area contributed by atoms with E-state index < -0.39 is 0 Å². The predicted molar refractivity (Wildman–Crippen MR) is 120 cm³/mol. The smallest absolute Gasteiger partial charge is 0.122 e. The van der Waals surface area contributed by atoms with Crippen LogP contribution in [0.4, 0.5) is 0 Å². The highest BCUT2D eigenvalue weighted by Gasteiger charge is 2.05. The summed E-state index contributed by atoms with van der Waals surface area (Å²) >= 11 is 0. The summed E-state index contributed by atoms with van der Waals surface area (Å²) in [7, 11) is 0. The fourth-order valence-electron chi connectivity index (χ4n) is 3.47. The van der Waals surface area contributed by atoms with Crippen molar-refractivity contribution in [2.75, 3.05) is 13.2 Å². The number of benzene rings is 4. The lowest BCUT2D eigenvalue weighted by atomic mass is 10.1. The zero-order chi connectivity index (χ0) is 19.9. The third-order valence-corrected chi connectivity index (χ3v) is 5.10. The van der Waals surface area contributed by atoms with Crippen LogP contribution in [-0.2, 0) is 12.8 Å². The fraction of sp³-hybridized carbons (Fsp3) is 0.185. The average Bonchev–Trinajstić information content (AvgIpc) is 2.76. The molecule has 0 spiro atoms. The van der Waals surface area contributed by atoms with E-state index in [-0.39, 0.29) is 0 Å². The van der Waals surface area contributed by atoms with Crippen molar-refractivity contribution in [3.8, 4) is 11.5 Å². The maximum Gasteiger partial charge on any atom is 0.122 e. The van der Waals surface area contributed by atoms with Crippen molar-refractivity contribution in [3.63, 3.8) is 0 Å². The van der Waals surface area contributed by atoms with Crippen molar-refractivity contribution in [1.82, 2.24) is 0 Å². The lowest BCUT2D eigenvalue weighted by molar-refractivity contribution is 0.320. The van der Waals surface area contributed by atoms with Gasteiger partial charge in [-0.15, -0.1) is 0 Å². The first-order valence-electron chi connectivity index (χ1n) is 10.2. The van der Waals surface area contributed by atoms with Crippen LogP contribution in [0.2, 0.25) is 0 Å². The second-order valence-electron chi connectivity index (χ2n) is 7.29. The summed E-state index contributed by atoms with van der Waals surface area (Å²) in [4.78, 5) is 0. The Bertz CT molecular complexity index is 1060. The second-order valence-corrected chi connectivity index (χ2v) is 7.29. The quantitative estimate of drug-likeness (QED) is 0.351. The second kappa shape index (κ2) is 9.29. The maximum absolute atomic E-state index is 6.09. The SMILES string of the molecule is Cc1cc2ccc(OCCc3ccccc3)cc2cc1OCCc1ccccc1. The van der Waals surface area contributed by atoms with Crippen LogP contribution in [0.5, 0.6) is 11.5 Å². The first-order chi connectivity index (χ1) is 14.3. The van der Waals surface area contributed by atoms with Gasteiger partial charge in [0.15, 0.2) is 0 Å². The molecule has 0 aliphatic carbocycles. The highest BCUT2D eigenvalue weighted by atomic mass is 16.5. The van der Waals surface area contributed by atoms with Crippen LogP contribution in [-0.4, -0.2) is 13.2 Å². The van der Waals surface area contributed by atoms with E-state index in [1.165, 1.54) is 16.5 Å². The van der Waals surface area contributed by atoms with Gasteiger partial charge in [-0.3, -0.25) is 0 Å². The highest BCUT2D eigenvalue weighted by Crippen LogP contribution is 2.28. The zero-order valence-corrected chi connectivity index (χ0v) is 16.8. The molecule has 0 aliphatic heterocycles. The van der Waals surface area contributed by atoms with Crippen molar-refractivity contribution in [2.24, 2.45) is 0 Å². The Labute approximate surface area is 172 Å². The third kappa shape index (κ3) is 5.17. The minimum atomic E-state index is 0.668. The summed E-state index contributed by atoms with van der Waals surface area (Å²) < 4.78 is 12.1. The molecule has 0 radical (unpaired) electrons. The number of hydrogen-bond donors (Lipinski definition) is 0. The molecule has 2 nitrogen and oxygen atoms in total. The van der Waals surface area contributed by atoms with E-state index in [9.17, 15) is 0 Å². The summed E-state index contributed by atoms with van der Waals surface area (Å²) in [5.41, 5.74) is 3.74. The Balaban J connectivity index is 1.40. The predicted octanol–water partition coefficient (Wildman–Crippen LogP) is 6.39. The highest BCUT2D eigenvalue weighted by molar-refractivity contribution is 5.86. The summed E-state index contributed by atoms with van der Waals surface area (Å²) in [6.07, 6.45) is 1.81. The van der Waals surface area contributed by atoms with E-state index in [1.54, 1.807) is 0 Å². The molecule has 0 unspecified atom stereocenters. The van der Waals surface area contributed by atoms with E-state index in [0.29, 0.717) is 13.2 Å². The number of rotatable bonds is 8. The van der Waals surface area contributed by atoms with Gasteiger partial charge in [0.1, 0.15) is 11.5 Å². The molecule has 4 aromatic carbocycles. The van der Waals surface area contributed by atoms with Gasteiger partial charge in [0.05, 0.1) is 13.2 Å². The van der Waals surface area contributed by atoms with Crippen LogP contribution in [0.1, 0.15) is 16.7 Å². The van der Waals surface area contributed by atoms with Crippen LogP contribution < -0.4 is 9.47 Å². The van der Waals surface area contributed by atoms with Gasteiger partial charge in [0.2, 0.25) is 0 Å². The lowest BCUT2D eigenvalue weighted by Crippen LogP contribution is -2.03. The molecule has 0 heterocycles. The van der Waals surface area contributed by atoms with Gasteiger partial charge in [0, 0.05) is 12.8 Å². The molecule has 0 aliphatic rings. The van der Waals surface area contributed by atoms with Gasteiger partial charge in [0.25, 0.3) is 0 Å². The Hall–Kier alpha value is -3.26. The standard InChI is InChI=1S/C27H26O2/c1-21-18-24-12-13-26(28-16-14-22-8-4-2-5-9-22)19-25(24)20-27(21)29-17-15-23-10-6-3-7-11-23/h2-13,18-20H,14-17H2,1H3. The monoisotopic (exact) mass is 382 g/mol. The van der Waals surface area contributed by atoms with E-state index in [2.05, 4.69) is 79.7 Å². The topological polar surface area (TPSA) is 18.5 Å². The van der Waals surface area contributed by atoms with Gasteiger partial charge in [-0.25, -0.2) is 0 Å². The minimum absolute atomic E-state index is 0.668. The molecular formula is C27H26O2. The molecule has 0 saturated carbocycles. The van der Waals surface area contributed by atoms with Crippen LogP contribution in [0.15, 0.2) is 91.0 Å². The molecule has 4 aromatic rings. The number of fused-ring (bicyclic) bond motifs is 1. The zero-order valence-electron chi connectivity index (χ0n) is 16.8. The summed E-state index contributed by atoms with van der Waals surface area (Å²) in [6, 6.07) is 31.4. The molecule has 0 aromatic heterocycles. The van der Waals surface area contributed by atoms with E-state index in [0.717, 1.165) is 35.3 Å². The summed E-state index contributed by atoms with van der Waals surface area (Å²) in [5.74, 6) is 1.84. The average molecular weight is 383 g/mol. The molecule has 0 atom stereocenters. The lowest BCUT2D eigenvalue weighted by Gasteiger charge is -2.12. The Morgan fingerprint density at radius 3 is 1.86 bits per heavy atom. The van der Waals surface area contributed by atoms with Gasteiger partial charge in [-0.1, -0.05) is 66.7 Å². The molecule has 0 fully saturated rings. The summed E-state index contributed by atoms with van der Waals surface area (Å²) in [5, 5.41) is 2.34. The Morgan fingerprint density at radius 1 is 0.586 bits per heavy atom. The van der Waals surface area contributed by atoms with Crippen LogP contribution >= 0.6 is 0 Å².